The summed E-state index contributed by atoms with van der Waals surface area (Å²) in [6, 6.07) is 0. The van der Waals surface area contributed by atoms with Crippen LogP contribution in [0.2, 0.25) is 0 Å². The van der Waals surface area contributed by atoms with Crippen LogP contribution >= 0.6 is 0 Å². The summed E-state index contributed by atoms with van der Waals surface area (Å²) in [4.78, 5) is 0. The summed E-state index contributed by atoms with van der Waals surface area (Å²) in [7, 11) is 1.95. The molecule has 0 radical (unpaired) electrons. The van der Waals surface area contributed by atoms with E-state index in [-0.39, 0.29) is 24.3 Å². The fourth-order valence-corrected chi connectivity index (χ4v) is 3.16. The highest BCUT2D eigenvalue weighted by Crippen LogP contribution is 2.47. The highest BCUT2D eigenvalue weighted by molar-refractivity contribution is 4.94. The Kier molecular flexibility index (Phi) is 2.70. The minimum Gasteiger partial charge on any atom is -0.345 e. The van der Waals surface area contributed by atoms with Crippen molar-refractivity contribution >= 4 is 0 Å². The van der Waals surface area contributed by atoms with Gasteiger partial charge in [0.1, 0.15) is 6.10 Å². The van der Waals surface area contributed by atoms with E-state index in [9.17, 15) is 0 Å². The molecule has 0 aromatic rings. The Hall–Kier alpha value is -0.160. The molecular formula is C12H21NO3. The molecule has 92 valence electrons. The maximum Gasteiger partial charge on any atom is 0.187 e. The van der Waals surface area contributed by atoms with E-state index in [0.717, 1.165) is 19.4 Å². The molecule has 3 aliphatic rings. The van der Waals surface area contributed by atoms with Gasteiger partial charge in [-0.3, -0.25) is 0 Å². The van der Waals surface area contributed by atoms with Crippen molar-refractivity contribution in [1.82, 2.24) is 5.32 Å². The number of likely N-dealkylation sites (N-methyl/N-ethyl adjacent to an activating group) is 1. The maximum absolute atomic E-state index is 6.15. The second kappa shape index (κ2) is 3.95. The summed E-state index contributed by atoms with van der Waals surface area (Å²) in [5, 5.41) is 3.15. The summed E-state index contributed by atoms with van der Waals surface area (Å²) in [5.41, 5.74) is 0. The second-order valence-corrected chi connectivity index (χ2v) is 5.28. The van der Waals surface area contributed by atoms with Crippen molar-refractivity contribution in [3.8, 4) is 0 Å². The van der Waals surface area contributed by atoms with Gasteiger partial charge in [-0.05, 0) is 19.9 Å². The first-order valence-electron chi connectivity index (χ1n) is 6.40. The number of hydrogen-bond acceptors (Lipinski definition) is 4. The normalized spacial score (nSPS) is 45.4. The number of rotatable bonds is 2. The summed E-state index contributed by atoms with van der Waals surface area (Å²) < 4.78 is 18.1. The zero-order valence-corrected chi connectivity index (χ0v) is 10.1. The van der Waals surface area contributed by atoms with Gasteiger partial charge in [0.25, 0.3) is 0 Å². The predicted octanol–water partition coefficient (Wildman–Crippen LogP) is 1.25. The zero-order chi connectivity index (χ0) is 11.2. The summed E-state index contributed by atoms with van der Waals surface area (Å²) in [6.45, 7) is 3.07. The highest BCUT2D eigenvalue weighted by Gasteiger charge is 2.56. The van der Waals surface area contributed by atoms with Gasteiger partial charge in [-0.15, -0.1) is 0 Å². The molecule has 4 heteroatoms. The summed E-state index contributed by atoms with van der Waals surface area (Å²) >= 11 is 0. The topological polar surface area (TPSA) is 39.7 Å². The second-order valence-electron chi connectivity index (χ2n) is 5.28. The van der Waals surface area contributed by atoms with Gasteiger partial charge in [0.05, 0.1) is 6.10 Å². The van der Waals surface area contributed by atoms with E-state index in [1.54, 1.807) is 0 Å². The standard InChI is InChI=1S/C12H21NO3/c1-8-9(7-13-2)14-11-10(8)15-12(16-11)5-3-4-6-12/h8-11,13H,3-7H2,1-2H3/t8-,9+,10+,11+/m1/s1. The van der Waals surface area contributed by atoms with Crippen molar-refractivity contribution < 1.29 is 14.2 Å². The van der Waals surface area contributed by atoms with Crippen LogP contribution in [0.4, 0.5) is 0 Å². The molecule has 3 fully saturated rings. The van der Waals surface area contributed by atoms with E-state index in [2.05, 4.69) is 12.2 Å². The van der Waals surface area contributed by atoms with Crippen LogP contribution in [-0.4, -0.2) is 37.9 Å². The largest absolute Gasteiger partial charge is 0.345 e. The third kappa shape index (κ3) is 1.59. The Balaban J connectivity index is 1.68. The highest BCUT2D eigenvalue weighted by atomic mass is 16.8. The molecule has 0 amide bonds. The third-order valence-corrected chi connectivity index (χ3v) is 4.13. The lowest BCUT2D eigenvalue weighted by Gasteiger charge is -2.26. The van der Waals surface area contributed by atoms with Gasteiger partial charge in [0, 0.05) is 25.3 Å². The molecule has 2 heterocycles. The third-order valence-electron chi connectivity index (χ3n) is 4.13. The molecule has 16 heavy (non-hydrogen) atoms. The molecular weight excluding hydrogens is 206 g/mol. The Morgan fingerprint density at radius 1 is 1.25 bits per heavy atom. The Morgan fingerprint density at radius 2 is 2.00 bits per heavy atom. The molecule has 1 saturated carbocycles. The van der Waals surface area contributed by atoms with Crippen LogP contribution in [0.15, 0.2) is 0 Å². The Labute approximate surface area is 96.6 Å². The van der Waals surface area contributed by atoms with Crippen molar-refractivity contribution in [1.29, 1.82) is 0 Å². The van der Waals surface area contributed by atoms with Crippen LogP contribution in [0.1, 0.15) is 32.6 Å². The first kappa shape index (κ1) is 11.0. The van der Waals surface area contributed by atoms with Crippen LogP contribution in [0, 0.1) is 5.92 Å². The molecule has 1 N–H and O–H groups in total. The maximum atomic E-state index is 6.15. The van der Waals surface area contributed by atoms with Crippen LogP contribution < -0.4 is 5.32 Å². The predicted molar refractivity (Wildman–Crippen MR) is 58.9 cm³/mol. The van der Waals surface area contributed by atoms with Crippen molar-refractivity contribution in [2.45, 2.75) is 56.9 Å². The van der Waals surface area contributed by atoms with Gasteiger partial charge in [-0.1, -0.05) is 6.92 Å². The Bertz CT molecular complexity index is 265. The minimum absolute atomic E-state index is 0.133. The average Bonchev–Trinajstić information content (AvgIpc) is 2.91. The summed E-state index contributed by atoms with van der Waals surface area (Å²) in [5.74, 6) is 0.117. The van der Waals surface area contributed by atoms with Gasteiger partial charge in [-0.2, -0.15) is 0 Å². The molecule has 4 nitrogen and oxygen atoms in total. The quantitative estimate of drug-likeness (QED) is 0.771. The van der Waals surface area contributed by atoms with E-state index >= 15 is 0 Å². The van der Waals surface area contributed by atoms with Crippen molar-refractivity contribution in [2.75, 3.05) is 13.6 Å². The number of fused-ring (bicyclic) bond motifs is 1. The molecule has 4 atom stereocenters. The van der Waals surface area contributed by atoms with E-state index in [4.69, 9.17) is 14.2 Å². The molecule has 1 aliphatic carbocycles. The lowest BCUT2D eigenvalue weighted by atomic mass is 10.0. The van der Waals surface area contributed by atoms with E-state index in [0.29, 0.717) is 5.92 Å². The van der Waals surface area contributed by atoms with Crippen LogP contribution in [-0.2, 0) is 14.2 Å². The molecule has 0 unspecified atom stereocenters. The van der Waals surface area contributed by atoms with Gasteiger partial charge in [-0.25, -0.2) is 0 Å². The molecule has 0 aromatic carbocycles. The van der Waals surface area contributed by atoms with E-state index in [1.165, 1.54) is 12.8 Å². The number of hydrogen-bond donors (Lipinski definition) is 1. The van der Waals surface area contributed by atoms with Crippen molar-refractivity contribution in [2.24, 2.45) is 5.92 Å². The average molecular weight is 227 g/mol. The van der Waals surface area contributed by atoms with E-state index < -0.39 is 0 Å². The van der Waals surface area contributed by atoms with Crippen LogP contribution in [0.5, 0.6) is 0 Å². The summed E-state index contributed by atoms with van der Waals surface area (Å²) in [6.07, 6.45) is 4.72. The van der Waals surface area contributed by atoms with Gasteiger partial charge < -0.3 is 19.5 Å². The number of nitrogens with one attached hydrogen (secondary N) is 1. The molecule has 0 aromatic heterocycles. The monoisotopic (exact) mass is 227 g/mol. The van der Waals surface area contributed by atoms with Gasteiger partial charge in [0.2, 0.25) is 0 Å². The van der Waals surface area contributed by atoms with Gasteiger partial charge >= 0.3 is 0 Å². The van der Waals surface area contributed by atoms with Crippen molar-refractivity contribution in [3.63, 3.8) is 0 Å². The number of ether oxygens (including phenoxy) is 3. The SMILES string of the molecule is CNC[C@@H]1O[C@H]2OC3(CCCC3)O[C@H]2[C@@H]1C. The zero-order valence-electron chi connectivity index (χ0n) is 10.1. The van der Waals surface area contributed by atoms with Crippen LogP contribution in [0.25, 0.3) is 0 Å². The smallest absolute Gasteiger partial charge is 0.187 e. The molecule has 2 saturated heterocycles. The molecule has 1 spiro atoms. The molecule has 2 aliphatic heterocycles. The van der Waals surface area contributed by atoms with Crippen molar-refractivity contribution in [3.05, 3.63) is 0 Å². The lowest BCUT2D eigenvalue weighted by Crippen LogP contribution is -2.35. The van der Waals surface area contributed by atoms with E-state index in [1.807, 2.05) is 7.05 Å². The fourth-order valence-electron chi connectivity index (χ4n) is 3.16. The lowest BCUT2D eigenvalue weighted by molar-refractivity contribution is -0.224. The van der Waals surface area contributed by atoms with Gasteiger partial charge in [0.15, 0.2) is 12.1 Å². The molecule has 0 bridgehead atoms. The fraction of sp³-hybridized carbons (Fsp3) is 1.00. The Morgan fingerprint density at radius 3 is 2.62 bits per heavy atom. The first-order chi connectivity index (χ1) is 7.74. The first-order valence-corrected chi connectivity index (χ1v) is 6.40. The van der Waals surface area contributed by atoms with Crippen LogP contribution in [0.3, 0.4) is 0 Å². The molecule has 3 rings (SSSR count). The minimum atomic E-state index is -0.297.